The van der Waals surface area contributed by atoms with E-state index in [4.69, 9.17) is 5.73 Å². The molecule has 108 valence electrons. The molecule has 0 spiro atoms. The molecule has 18 heavy (non-hydrogen) atoms. The fourth-order valence-corrected chi connectivity index (χ4v) is 2.76. The maximum Gasteiger partial charge on any atom is 0.282 e. The predicted octanol–water partition coefficient (Wildman–Crippen LogP) is -1.03. The number of nitrogens with two attached hydrogens (primary N) is 1. The minimum absolute atomic E-state index is 0.153. The maximum atomic E-state index is 12.1. The second-order valence-electron chi connectivity index (χ2n) is 3.85. The number of nitrogens with one attached hydrogen (secondary N) is 1. The lowest BCUT2D eigenvalue weighted by atomic mass is 10.4. The Bertz CT molecular complexity index is 345. The number of likely N-dealkylation sites (N-methyl/N-ethyl adjacent to an activating group) is 2. The summed E-state index contributed by atoms with van der Waals surface area (Å²) in [7, 11) is -2.10. The van der Waals surface area contributed by atoms with Crippen molar-refractivity contribution >= 4 is 16.1 Å². The number of rotatable bonds is 9. The third kappa shape index (κ3) is 5.30. The van der Waals surface area contributed by atoms with Gasteiger partial charge in [-0.1, -0.05) is 6.92 Å². The molecule has 0 aliphatic heterocycles. The van der Waals surface area contributed by atoms with E-state index in [1.54, 1.807) is 13.8 Å². The average Bonchev–Trinajstić information content (AvgIpc) is 2.32. The van der Waals surface area contributed by atoms with Crippen molar-refractivity contribution in [1.29, 1.82) is 0 Å². The van der Waals surface area contributed by atoms with Gasteiger partial charge in [-0.3, -0.25) is 4.79 Å². The van der Waals surface area contributed by atoms with Gasteiger partial charge >= 0.3 is 0 Å². The Morgan fingerprint density at radius 1 is 1.33 bits per heavy atom. The van der Waals surface area contributed by atoms with Crippen molar-refractivity contribution in [3.05, 3.63) is 0 Å². The van der Waals surface area contributed by atoms with Crippen LogP contribution in [0.2, 0.25) is 0 Å². The van der Waals surface area contributed by atoms with Gasteiger partial charge in [0.25, 0.3) is 10.2 Å². The minimum atomic E-state index is -3.59. The van der Waals surface area contributed by atoms with Gasteiger partial charge in [0.15, 0.2) is 0 Å². The molecule has 8 heteroatoms. The SMILES string of the molecule is CCNC(=O)CN(CC)S(=O)(=O)N(C)CCCN. The topological polar surface area (TPSA) is 95.7 Å². The van der Waals surface area contributed by atoms with E-state index in [1.165, 1.54) is 11.4 Å². The Morgan fingerprint density at radius 2 is 1.94 bits per heavy atom. The monoisotopic (exact) mass is 280 g/mol. The lowest BCUT2D eigenvalue weighted by Gasteiger charge is -2.25. The van der Waals surface area contributed by atoms with Crippen LogP contribution in [0.1, 0.15) is 20.3 Å². The lowest BCUT2D eigenvalue weighted by Crippen LogP contribution is -2.46. The van der Waals surface area contributed by atoms with Crippen LogP contribution in [0.15, 0.2) is 0 Å². The van der Waals surface area contributed by atoms with Gasteiger partial charge in [-0.2, -0.15) is 17.0 Å². The molecule has 0 heterocycles. The first-order chi connectivity index (χ1) is 8.39. The molecule has 0 aromatic carbocycles. The van der Waals surface area contributed by atoms with E-state index in [1.807, 2.05) is 0 Å². The van der Waals surface area contributed by atoms with E-state index in [0.717, 1.165) is 4.31 Å². The summed E-state index contributed by atoms with van der Waals surface area (Å²) in [5.41, 5.74) is 5.35. The van der Waals surface area contributed by atoms with Crippen LogP contribution in [0.3, 0.4) is 0 Å². The Kier molecular flexibility index (Phi) is 8.08. The molecule has 0 aromatic rings. The number of nitrogens with zero attached hydrogens (tertiary/aromatic N) is 2. The van der Waals surface area contributed by atoms with Crippen LogP contribution in [0, 0.1) is 0 Å². The summed E-state index contributed by atoms with van der Waals surface area (Å²) in [6, 6.07) is 0. The Labute approximate surface area is 109 Å². The highest BCUT2D eigenvalue weighted by Crippen LogP contribution is 2.06. The van der Waals surface area contributed by atoms with Gasteiger partial charge in [0.05, 0.1) is 6.54 Å². The van der Waals surface area contributed by atoms with Crippen LogP contribution >= 0.6 is 0 Å². The smallest absolute Gasteiger partial charge is 0.282 e. The van der Waals surface area contributed by atoms with E-state index in [9.17, 15) is 13.2 Å². The van der Waals surface area contributed by atoms with Crippen molar-refractivity contribution in [2.75, 3.05) is 39.8 Å². The fraction of sp³-hybridized carbons (Fsp3) is 0.900. The highest BCUT2D eigenvalue weighted by Gasteiger charge is 2.26. The molecule has 0 saturated heterocycles. The Balaban J connectivity index is 4.65. The molecule has 0 fully saturated rings. The first-order valence-electron chi connectivity index (χ1n) is 6.08. The molecular weight excluding hydrogens is 256 g/mol. The lowest BCUT2D eigenvalue weighted by molar-refractivity contribution is -0.121. The number of hydrogen-bond acceptors (Lipinski definition) is 4. The van der Waals surface area contributed by atoms with E-state index < -0.39 is 10.2 Å². The van der Waals surface area contributed by atoms with Gasteiger partial charge in [0, 0.05) is 26.7 Å². The quantitative estimate of drug-likeness (QED) is 0.564. The minimum Gasteiger partial charge on any atom is -0.355 e. The summed E-state index contributed by atoms with van der Waals surface area (Å²) in [5, 5.41) is 2.58. The van der Waals surface area contributed by atoms with Gasteiger partial charge in [-0.25, -0.2) is 0 Å². The van der Waals surface area contributed by atoms with Crippen molar-refractivity contribution in [1.82, 2.24) is 13.9 Å². The molecule has 0 aliphatic carbocycles. The summed E-state index contributed by atoms with van der Waals surface area (Å²) in [6.45, 7) is 4.86. The van der Waals surface area contributed by atoms with E-state index in [2.05, 4.69) is 5.32 Å². The molecule has 3 N–H and O–H groups in total. The zero-order valence-corrected chi connectivity index (χ0v) is 12.2. The predicted molar refractivity (Wildman–Crippen MR) is 71.2 cm³/mol. The molecule has 0 atom stereocenters. The molecule has 0 rings (SSSR count). The molecule has 0 saturated carbocycles. The largest absolute Gasteiger partial charge is 0.355 e. The molecule has 0 aromatic heterocycles. The zero-order chi connectivity index (χ0) is 14.2. The molecule has 0 radical (unpaired) electrons. The number of hydrogen-bond donors (Lipinski definition) is 2. The summed E-state index contributed by atoms with van der Waals surface area (Å²) in [6.07, 6.45) is 0.592. The van der Waals surface area contributed by atoms with Crippen molar-refractivity contribution in [3.63, 3.8) is 0 Å². The van der Waals surface area contributed by atoms with Gasteiger partial charge < -0.3 is 11.1 Å². The van der Waals surface area contributed by atoms with Crippen molar-refractivity contribution < 1.29 is 13.2 Å². The normalized spacial score (nSPS) is 12.1. The number of carbonyl (C=O) groups excluding carboxylic acids is 1. The number of amides is 1. The molecule has 0 aliphatic rings. The van der Waals surface area contributed by atoms with Crippen molar-refractivity contribution in [2.45, 2.75) is 20.3 Å². The van der Waals surface area contributed by atoms with Crippen LogP contribution in [0.25, 0.3) is 0 Å². The van der Waals surface area contributed by atoms with Crippen molar-refractivity contribution in [3.8, 4) is 0 Å². The van der Waals surface area contributed by atoms with Crippen LogP contribution in [-0.2, 0) is 15.0 Å². The molecule has 1 amide bonds. The second-order valence-corrected chi connectivity index (χ2v) is 5.89. The second kappa shape index (κ2) is 8.41. The highest BCUT2D eigenvalue weighted by atomic mass is 32.2. The number of carbonyl (C=O) groups is 1. The molecular formula is C10H24N4O3S. The van der Waals surface area contributed by atoms with Crippen molar-refractivity contribution in [2.24, 2.45) is 5.73 Å². The first-order valence-corrected chi connectivity index (χ1v) is 7.48. The standard InChI is InChI=1S/C10H24N4O3S/c1-4-12-10(15)9-14(5-2)18(16,17)13(3)8-6-7-11/h4-9,11H2,1-3H3,(H,12,15). The van der Waals surface area contributed by atoms with Gasteiger partial charge in [0.1, 0.15) is 0 Å². The fourth-order valence-electron chi connectivity index (χ4n) is 1.40. The van der Waals surface area contributed by atoms with Gasteiger partial charge in [0.2, 0.25) is 5.91 Å². The first kappa shape index (κ1) is 17.3. The summed E-state index contributed by atoms with van der Waals surface area (Å²) >= 11 is 0. The summed E-state index contributed by atoms with van der Waals surface area (Å²) in [5.74, 6) is -0.296. The summed E-state index contributed by atoms with van der Waals surface area (Å²) < 4.78 is 26.6. The van der Waals surface area contributed by atoms with Crippen LogP contribution in [0.5, 0.6) is 0 Å². The Hall–Kier alpha value is -0.700. The van der Waals surface area contributed by atoms with Crippen LogP contribution in [-0.4, -0.2) is 62.7 Å². The molecule has 0 bridgehead atoms. The Morgan fingerprint density at radius 3 is 2.39 bits per heavy atom. The summed E-state index contributed by atoms with van der Waals surface area (Å²) in [4.78, 5) is 11.4. The third-order valence-corrected chi connectivity index (χ3v) is 4.45. The third-order valence-electron chi connectivity index (χ3n) is 2.44. The molecule has 0 unspecified atom stereocenters. The average molecular weight is 280 g/mol. The van der Waals surface area contributed by atoms with E-state index >= 15 is 0 Å². The van der Waals surface area contributed by atoms with E-state index in [-0.39, 0.29) is 19.0 Å². The van der Waals surface area contributed by atoms with Gasteiger partial charge in [-0.05, 0) is 19.9 Å². The van der Waals surface area contributed by atoms with Crippen LogP contribution in [0.4, 0.5) is 0 Å². The van der Waals surface area contributed by atoms with E-state index in [0.29, 0.717) is 26.1 Å². The zero-order valence-electron chi connectivity index (χ0n) is 11.3. The maximum absolute atomic E-state index is 12.1. The molecule has 7 nitrogen and oxygen atoms in total. The van der Waals surface area contributed by atoms with Crippen LogP contribution < -0.4 is 11.1 Å². The highest BCUT2D eigenvalue weighted by molar-refractivity contribution is 7.86. The van der Waals surface area contributed by atoms with Gasteiger partial charge in [-0.15, -0.1) is 0 Å².